The van der Waals surface area contributed by atoms with E-state index in [4.69, 9.17) is 9.84 Å². The van der Waals surface area contributed by atoms with Crippen LogP contribution in [-0.2, 0) is 4.79 Å². The Morgan fingerprint density at radius 2 is 1.70 bits per heavy atom. The van der Waals surface area contributed by atoms with E-state index in [1.165, 1.54) is 6.08 Å². The number of ketones is 1. The summed E-state index contributed by atoms with van der Waals surface area (Å²) in [6.07, 6.45) is 3.85. The highest BCUT2D eigenvalue weighted by Gasteiger charge is 2.03. The zero-order valence-electron chi connectivity index (χ0n) is 12.6. The summed E-state index contributed by atoms with van der Waals surface area (Å²) < 4.78 is 5.43. The quantitative estimate of drug-likeness (QED) is 0.457. The highest BCUT2D eigenvalue weighted by molar-refractivity contribution is 6.06. The standard InChI is InChI=1S/C19H18O4/c20-18(13-8-15-5-2-1-3-6-15)16-9-11-17(12-10-16)23-14-4-7-19(21)22/h1-3,5-6,8-13H,4,7,14H2,(H,21,22)/b13-8+. The van der Waals surface area contributed by atoms with E-state index in [2.05, 4.69) is 0 Å². The van der Waals surface area contributed by atoms with Gasteiger partial charge in [-0.2, -0.15) is 0 Å². The second-order valence-electron chi connectivity index (χ2n) is 4.98. The minimum absolute atomic E-state index is 0.0775. The molecule has 4 heteroatoms. The van der Waals surface area contributed by atoms with Crippen molar-refractivity contribution in [3.8, 4) is 5.75 Å². The molecule has 0 aromatic heterocycles. The van der Waals surface area contributed by atoms with Crippen LogP contribution in [0, 0.1) is 0 Å². The molecule has 0 saturated carbocycles. The van der Waals surface area contributed by atoms with E-state index in [-0.39, 0.29) is 12.2 Å². The van der Waals surface area contributed by atoms with Gasteiger partial charge >= 0.3 is 5.97 Å². The van der Waals surface area contributed by atoms with Gasteiger partial charge in [0.25, 0.3) is 0 Å². The maximum atomic E-state index is 12.1. The molecule has 0 heterocycles. The molecule has 0 spiro atoms. The zero-order chi connectivity index (χ0) is 16.5. The molecule has 0 radical (unpaired) electrons. The van der Waals surface area contributed by atoms with E-state index in [0.29, 0.717) is 24.3 Å². The van der Waals surface area contributed by atoms with Gasteiger partial charge in [-0.05, 0) is 42.3 Å². The molecule has 2 aromatic carbocycles. The highest BCUT2D eigenvalue weighted by Crippen LogP contribution is 2.14. The first-order chi connectivity index (χ1) is 11.1. The van der Waals surface area contributed by atoms with Gasteiger partial charge in [0.15, 0.2) is 5.78 Å². The maximum absolute atomic E-state index is 12.1. The molecule has 0 amide bonds. The molecule has 0 unspecified atom stereocenters. The van der Waals surface area contributed by atoms with Gasteiger partial charge in [-0.3, -0.25) is 9.59 Å². The summed E-state index contributed by atoms with van der Waals surface area (Å²) in [6, 6.07) is 16.4. The lowest BCUT2D eigenvalue weighted by atomic mass is 10.1. The Morgan fingerprint density at radius 1 is 1.00 bits per heavy atom. The fraction of sp³-hybridized carbons (Fsp3) is 0.158. The predicted octanol–water partition coefficient (Wildman–Crippen LogP) is 3.83. The third kappa shape index (κ3) is 5.79. The van der Waals surface area contributed by atoms with Gasteiger partial charge < -0.3 is 9.84 Å². The van der Waals surface area contributed by atoms with Crippen molar-refractivity contribution >= 4 is 17.8 Å². The lowest BCUT2D eigenvalue weighted by Crippen LogP contribution is -2.02. The summed E-state index contributed by atoms with van der Waals surface area (Å²) in [5.41, 5.74) is 1.55. The van der Waals surface area contributed by atoms with E-state index >= 15 is 0 Å². The molecule has 0 saturated heterocycles. The summed E-state index contributed by atoms with van der Waals surface area (Å²) in [7, 11) is 0. The van der Waals surface area contributed by atoms with Crippen LogP contribution in [0.5, 0.6) is 5.75 Å². The fourth-order valence-corrected chi connectivity index (χ4v) is 1.96. The van der Waals surface area contributed by atoms with Gasteiger partial charge in [-0.1, -0.05) is 36.4 Å². The molecule has 4 nitrogen and oxygen atoms in total. The largest absolute Gasteiger partial charge is 0.494 e. The molecule has 0 fully saturated rings. The van der Waals surface area contributed by atoms with Crippen LogP contribution < -0.4 is 4.74 Å². The van der Waals surface area contributed by atoms with Crippen LogP contribution in [0.3, 0.4) is 0 Å². The van der Waals surface area contributed by atoms with E-state index in [1.807, 2.05) is 30.3 Å². The smallest absolute Gasteiger partial charge is 0.303 e. The molecule has 2 rings (SSSR count). The van der Waals surface area contributed by atoms with Gasteiger partial charge in [0.2, 0.25) is 0 Å². The molecule has 1 N–H and O–H groups in total. The zero-order valence-corrected chi connectivity index (χ0v) is 12.6. The van der Waals surface area contributed by atoms with E-state index in [1.54, 1.807) is 30.3 Å². The first kappa shape index (κ1) is 16.5. The number of hydrogen-bond donors (Lipinski definition) is 1. The van der Waals surface area contributed by atoms with Crippen LogP contribution >= 0.6 is 0 Å². The van der Waals surface area contributed by atoms with Gasteiger partial charge in [0, 0.05) is 12.0 Å². The summed E-state index contributed by atoms with van der Waals surface area (Å²) in [6.45, 7) is 0.341. The summed E-state index contributed by atoms with van der Waals surface area (Å²) in [4.78, 5) is 22.5. The number of benzene rings is 2. The van der Waals surface area contributed by atoms with E-state index in [0.717, 1.165) is 5.56 Å². The van der Waals surface area contributed by atoms with Crippen molar-refractivity contribution in [2.24, 2.45) is 0 Å². The minimum Gasteiger partial charge on any atom is -0.494 e. The van der Waals surface area contributed by atoms with Crippen molar-refractivity contribution in [1.29, 1.82) is 0 Å². The van der Waals surface area contributed by atoms with Crippen molar-refractivity contribution < 1.29 is 19.4 Å². The number of carbonyl (C=O) groups is 2. The minimum atomic E-state index is -0.834. The first-order valence-electron chi connectivity index (χ1n) is 7.37. The van der Waals surface area contributed by atoms with Gasteiger partial charge in [-0.25, -0.2) is 0 Å². The van der Waals surface area contributed by atoms with Crippen molar-refractivity contribution in [1.82, 2.24) is 0 Å². The number of carboxylic acid groups (broad SMARTS) is 1. The Bertz CT molecular complexity index is 672. The number of ether oxygens (including phenoxy) is 1. The molecule has 23 heavy (non-hydrogen) atoms. The molecular weight excluding hydrogens is 292 g/mol. The maximum Gasteiger partial charge on any atom is 0.303 e. The normalized spacial score (nSPS) is 10.6. The van der Waals surface area contributed by atoms with Crippen LogP contribution in [0.4, 0.5) is 0 Å². The number of allylic oxidation sites excluding steroid dienone is 1. The summed E-state index contributed by atoms with van der Waals surface area (Å²) in [5.74, 6) is -0.287. The second kappa shape index (κ2) is 8.54. The average molecular weight is 310 g/mol. The van der Waals surface area contributed by atoms with Crippen LogP contribution in [0.15, 0.2) is 60.7 Å². The van der Waals surface area contributed by atoms with Crippen molar-refractivity contribution in [3.05, 3.63) is 71.8 Å². The van der Waals surface area contributed by atoms with Gasteiger partial charge in [0.1, 0.15) is 5.75 Å². The Hall–Kier alpha value is -2.88. The average Bonchev–Trinajstić information content (AvgIpc) is 2.58. The van der Waals surface area contributed by atoms with Crippen LogP contribution in [0.2, 0.25) is 0 Å². The second-order valence-corrected chi connectivity index (χ2v) is 4.98. The highest BCUT2D eigenvalue weighted by atomic mass is 16.5. The third-order valence-corrected chi connectivity index (χ3v) is 3.17. The van der Waals surface area contributed by atoms with E-state index in [9.17, 15) is 9.59 Å². The number of carboxylic acids is 1. The Morgan fingerprint density at radius 3 is 2.35 bits per heavy atom. The SMILES string of the molecule is O=C(O)CCCOc1ccc(C(=O)/C=C/c2ccccc2)cc1. The van der Waals surface area contributed by atoms with Crippen molar-refractivity contribution in [3.63, 3.8) is 0 Å². The predicted molar refractivity (Wildman–Crippen MR) is 88.6 cm³/mol. The van der Waals surface area contributed by atoms with Crippen LogP contribution in [0.1, 0.15) is 28.8 Å². The fourth-order valence-electron chi connectivity index (χ4n) is 1.96. The summed E-state index contributed by atoms with van der Waals surface area (Å²) in [5, 5.41) is 8.54. The number of hydrogen-bond acceptors (Lipinski definition) is 3. The molecule has 0 atom stereocenters. The van der Waals surface area contributed by atoms with Gasteiger partial charge in [-0.15, -0.1) is 0 Å². The third-order valence-electron chi connectivity index (χ3n) is 3.17. The lowest BCUT2D eigenvalue weighted by Gasteiger charge is -2.05. The molecule has 0 bridgehead atoms. The molecule has 0 aliphatic rings. The summed E-state index contributed by atoms with van der Waals surface area (Å²) >= 11 is 0. The van der Waals surface area contributed by atoms with Gasteiger partial charge in [0.05, 0.1) is 6.61 Å². The van der Waals surface area contributed by atoms with Crippen molar-refractivity contribution in [2.45, 2.75) is 12.8 Å². The molecule has 2 aromatic rings. The Balaban J connectivity index is 1.87. The van der Waals surface area contributed by atoms with E-state index < -0.39 is 5.97 Å². The van der Waals surface area contributed by atoms with Crippen molar-refractivity contribution in [2.75, 3.05) is 6.61 Å². The monoisotopic (exact) mass is 310 g/mol. The molecule has 0 aliphatic carbocycles. The van der Waals surface area contributed by atoms with Crippen LogP contribution in [-0.4, -0.2) is 23.5 Å². The molecule has 0 aliphatic heterocycles. The topological polar surface area (TPSA) is 63.6 Å². The Labute approximate surface area is 135 Å². The lowest BCUT2D eigenvalue weighted by molar-refractivity contribution is -0.137. The Kier molecular flexibility index (Phi) is 6.12. The van der Waals surface area contributed by atoms with Crippen LogP contribution in [0.25, 0.3) is 6.08 Å². The first-order valence-corrected chi connectivity index (χ1v) is 7.37. The molecule has 118 valence electrons. The number of rotatable bonds is 8. The number of aliphatic carboxylic acids is 1. The number of carbonyl (C=O) groups excluding carboxylic acids is 1. The molecular formula is C19H18O4.